The van der Waals surface area contributed by atoms with Crippen LogP contribution >= 0.6 is 0 Å². The Bertz CT molecular complexity index is 1020. The first-order valence-electron chi connectivity index (χ1n) is 8.57. The zero-order chi connectivity index (χ0) is 17.0. The van der Waals surface area contributed by atoms with Crippen LogP contribution in [0.15, 0.2) is 51.9 Å². The lowest BCUT2D eigenvalue weighted by Crippen LogP contribution is -2.42. The van der Waals surface area contributed by atoms with Crippen molar-refractivity contribution in [3.8, 4) is 0 Å². The summed E-state index contributed by atoms with van der Waals surface area (Å²) in [5, 5.41) is 0.632. The van der Waals surface area contributed by atoms with Crippen LogP contribution in [-0.4, -0.2) is 32.4 Å². The number of fused-ring (bicyclic) bond motifs is 4. The van der Waals surface area contributed by atoms with Crippen molar-refractivity contribution in [1.82, 2.24) is 14.5 Å². The van der Waals surface area contributed by atoms with Gasteiger partial charge in [-0.2, -0.15) is 0 Å². The van der Waals surface area contributed by atoms with Crippen molar-refractivity contribution in [2.75, 3.05) is 0 Å². The van der Waals surface area contributed by atoms with Gasteiger partial charge < -0.3 is 9.32 Å². The van der Waals surface area contributed by atoms with E-state index in [2.05, 4.69) is 0 Å². The molecule has 2 aromatic heterocycles. The summed E-state index contributed by atoms with van der Waals surface area (Å²) in [6.07, 6.45) is 3.94. The number of benzene rings is 1. The molecule has 2 bridgehead atoms. The van der Waals surface area contributed by atoms with Crippen molar-refractivity contribution >= 4 is 16.8 Å². The Morgan fingerprint density at radius 2 is 1.96 bits per heavy atom. The molecule has 2 atom stereocenters. The molecule has 0 unspecified atom stereocenters. The van der Waals surface area contributed by atoms with Crippen molar-refractivity contribution < 1.29 is 9.21 Å². The van der Waals surface area contributed by atoms with Gasteiger partial charge in [0.2, 0.25) is 0 Å². The predicted molar refractivity (Wildman–Crippen MR) is 91.4 cm³/mol. The third-order valence-electron chi connectivity index (χ3n) is 5.34. The Kier molecular flexibility index (Phi) is 3.07. The molecule has 0 aliphatic carbocycles. The molecule has 4 heterocycles. The molecule has 0 radical (unpaired) electrons. The average Bonchev–Trinajstić information content (AvgIpc) is 3.24. The van der Waals surface area contributed by atoms with Crippen LogP contribution in [0.5, 0.6) is 0 Å². The molecule has 6 nitrogen and oxygen atoms in total. The van der Waals surface area contributed by atoms with Crippen LogP contribution in [-0.2, 0) is 13.0 Å². The molecule has 2 aliphatic rings. The van der Waals surface area contributed by atoms with Crippen molar-refractivity contribution in [3.05, 3.63) is 64.6 Å². The minimum absolute atomic E-state index is 0.00418. The largest absolute Gasteiger partial charge is 0.459 e. The van der Waals surface area contributed by atoms with Crippen LogP contribution in [0, 0.1) is 0 Å². The first-order chi connectivity index (χ1) is 12.2. The van der Waals surface area contributed by atoms with Gasteiger partial charge in [0.15, 0.2) is 5.76 Å². The van der Waals surface area contributed by atoms with Crippen LogP contribution in [0.3, 0.4) is 0 Å². The number of hydrogen-bond donors (Lipinski definition) is 0. The van der Waals surface area contributed by atoms with Crippen molar-refractivity contribution in [2.45, 2.75) is 37.9 Å². The monoisotopic (exact) mass is 335 g/mol. The maximum atomic E-state index is 12.9. The van der Waals surface area contributed by atoms with Crippen molar-refractivity contribution in [1.29, 1.82) is 0 Å². The number of hydrogen-bond acceptors (Lipinski definition) is 4. The molecule has 6 heteroatoms. The molecule has 1 amide bonds. The number of furan rings is 1. The Morgan fingerprint density at radius 1 is 1.12 bits per heavy atom. The third kappa shape index (κ3) is 2.13. The standard InChI is InChI=1S/C19H17N3O3/c23-18-14-4-1-2-5-15(14)20-17-10-12-7-8-13(11-21(17)18)22(12)19(24)16-6-3-9-25-16/h1-6,9,12-13H,7-8,10-11H2/t12-,13-/m0/s1. The minimum atomic E-state index is -0.0945. The smallest absolute Gasteiger partial charge is 0.290 e. The number of amides is 1. The van der Waals surface area contributed by atoms with E-state index in [-0.39, 0.29) is 23.6 Å². The maximum Gasteiger partial charge on any atom is 0.290 e. The first-order valence-corrected chi connectivity index (χ1v) is 8.57. The fraction of sp³-hybridized carbons (Fsp3) is 0.316. The highest BCUT2D eigenvalue weighted by Gasteiger charge is 2.41. The molecule has 1 fully saturated rings. The fourth-order valence-corrected chi connectivity index (χ4v) is 4.18. The molecule has 2 aliphatic heterocycles. The molecule has 3 aromatic rings. The summed E-state index contributed by atoms with van der Waals surface area (Å²) in [6.45, 7) is 0.495. The van der Waals surface area contributed by atoms with Gasteiger partial charge in [-0.15, -0.1) is 0 Å². The highest BCUT2D eigenvalue weighted by molar-refractivity contribution is 5.92. The van der Waals surface area contributed by atoms with E-state index >= 15 is 0 Å². The van der Waals surface area contributed by atoms with Crippen LogP contribution in [0.4, 0.5) is 0 Å². The van der Waals surface area contributed by atoms with Gasteiger partial charge in [-0.1, -0.05) is 12.1 Å². The lowest BCUT2D eigenvalue weighted by molar-refractivity contribution is 0.0633. The second-order valence-electron chi connectivity index (χ2n) is 6.74. The van der Waals surface area contributed by atoms with E-state index in [1.165, 1.54) is 6.26 Å². The number of rotatable bonds is 1. The Balaban J connectivity index is 1.61. The second-order valence-corrected chi connectivity index (χ2v) is 6.74. The number of nitrogens with zero attached hydrogens (tertiary/aromatic N) is 3. The van der Waals surface area contributed by atoms with Gasteiger partial charge in [0.1, 0.15) is 5.82 Å². The SMILES string of the molecule is O=C(c1ccco1)N1[C@H]2CC[C@H]1Cn1c(nc3ccccc3c1=O)C2. The molecule has 1 saturated heterocycles. The maximum absolute atomic E-state index is 12.9. The summed E-state index contributed by atoms with van der Waals surface area (Å²) in [5.41, 5.74) is 0.707. The Labute approximate surface area is 143 Å². The summed E-state index contributed by atoms with van der Waals surface area (Å²) in [6, 6.07) is 10.9. The van der Waals surface area contributed by atoms with Gasteiger partial charge >= 0.3 is 0 Å². The summed E-state index contributed by atoms with van der Waals surface area (Å²) in [4.78, 5) is 32.4. The van der Waals surface area contributed by atoms with Crippen LogP contribution in [0.2, 0.25) is 0 Å². The quantitative estimate of drug-likeness (QED) is 0.684. The minimum Gasteiger partial charge on any atom is -0.459 e. The van der Waals surface area contributed by atoms with E-state index in [1.54, 1.807) is 16.7 Å². The molecular formula is C19H17N3O3. The Hall–Kier alpha value is -2.89. The molecule has 0 spiro atoms. The number of para-hydroxylation sites is 1. The summed E-state index contributed by atoms with van der Waals surface area (Å²) in [7, 11) is 0. The number of carbonyl (C=O) groups is 1. The highest BCUT2D eigenvalue weighted by atomic mass is 16.3. The number of aromatic nitrogens is 2. The fourth-order valence-electron chi connectivity index (χ4n) is 4.18. The molecular weight excluding hydrogens is 318 g/mol. The zero-order valence-corrected chi connectivity index (χ0v) is 13.6. The highest BCUT2D eigenvalue weighted by Crippen LogP contribution is 2.32. The van der Waals surface area contributed by atoms with Crippen molar-refractivity contribution in [3.63, 3.8) is 0 Å². The second kappa shape index (κ2) is 5.31. The van der Waals surface area contributed by atoms with E-state index in [0.717, 1.165) is 24.2 Å². The molecule has 0 saturated carbocycles. The first kappa shape index (κ1) is 14.5. The van der Waals surface area contributed by atoms with Gasteiger partial charge in [-0.3, -0.25) is 14.2 Å². The van der Waals surface area contributed by atoms with Crippen LogP contribution in [0.25, 0.3) is 10.9 Å². The molecule has 0 N–H and O–H groups in total. The van der Waals surface area contributed by atoms with E-state index in [1.807, 2.05) is 29.2 Å². The number of carbonyl (C=O) groups excluding carboxylic acids is 1. The van der Waals surface area contributed by atoms with Gasteiger partial charge in [-0.25, -0.2) is 4.98 Å². The molecule has 5 rings (SSSR count). The van der Waals surface area contributed by atoms with Gasteiger partial charge in [0.25, 0.3) is 11.5 Å². The van der Waals surface area contributed by atoms with Gasteiger partial charge in [-0.05, 0) is 37.1 Å². The molecule has 25 heavy (non-hydrogen) atoms. The lowest BCUT2D eigenvalue weighted by atomic mass is 10.1. The normalized spacial score (nSPS) is 22.0. The van der Waals surface area contributed by atoms with Crippen LogP contribution < -0.4 is 5.56 Å². The third-order valence-corrected chi connectivity index (χ3v) is 5.34. The summed E-state index contributed by atoms with van der Waals surface area (Å²) in [5.74, 6) is 1.03. The topological polar surface area (TPSA) is 68.3 Å². The predicted octanol–water partition coefficient (Wildman–Crippen LogP) is 2.22. The lowest BCUT2D eigenvalue weighted by Gasteiger charge is -2.26. The van der Waals surface area contributed by atoms with E-state index in [0.29, 0.717) is 24.1 Å². The van der Waals surface area contributed by atoms with E-state index in [4.69, 9.17) is 9.40 Å². The summed E-state index contributed by atoms with van der Waals surface area (Å²) < 4.78 is 7.06. The average molecular weight is 335 g/mol. The van der Waals surface area contributed by atoms with Crippen molar-refractivity contribution in [2.24, 2.45) is 0 Å². The Morgan fingerprint density at radius 3 is 2.80 bits per heavy atom. The zero-order valence-electron chi connectivity index (χ0n) is 13.6. The molecule has 1 aromatic carbocycles. The van der Waals surface area contributed by atoms with E-state index in [9.17, 15) is 9.59 Å². The van der Waals surface area contributed by atoms with Crippen LogP contribution in [0.1, 0.15) is 29.2 Å². The van der Waals surface area contributed by atoms with Gasteiger partial charge in [0.05, 0.1) is 23.2 Å². The van der Waals surface area contributed by atoms with E-state index < -0.39 is 0 Å². The van der Waals surface area contributed by atoms with Gasteiger partial charge in [0, 0.05) is 19.0 Å². The summed E-state index contributed by atoms with van der Waals surface area (Å²) >= 11 is 0. The molecule has 126 valence electrons.